The molecule has 0 saturated carbocycles. The molecular formula is C8H9N5O. The molecule has 0 bridgehead atoms. The fourth-order valence-corrected chi connectivity index (χ4v) is 1.15. The molecule has 6 heteroatoms. The number of hydrogen-bond donors (Lipinski definition) is 2. The first kappa shape index (κ1) is 8.49. The van der Waals surface area contributed by atoms with Crippen LogP contribution in [0.1, 0.15) is 5.69 Å². The average Bonchev–Trinajstić information content (AvgIpc) is 2.47. The summed E-state index contributed by atoms with van der Waals surface area (Å²) in [6.07, 6.45) is 2.97. The van der Waals surface area contributed by atoms with E-state index < -0.39 is 0 Å². The number of aromatic amines is 1. The molecule has 2 heterocycles. The van der Waals surface area contributed by atoms with Gasteiger partial charge in [0.05, 0.1) is 12.4 Å². The van der Waals surface area contributed by atoms with Gasteiger partial charge in [0.1, 0.15) is 5.69 Å². The van der Waals surface area contributed by atoms with E-state index in [0.29, 0.717) is 5.69 Å². The summed E-state index contributed by atoms with van der Waals surface area (Å²) in [6, 6.07) is 1.50. The molecular weight excluding hydrogens is 182 g/mol. The van der Waals surface area contributed by atoms with E-state index in [2.05, 4.69) is 15.1 Å². The first-order valence-electron chi connectivity index (χ1n) is 4.03. The van der Waals surface area contributed by atoms with Crippen LogP contribution >= 0.6 is 0 Å². The molecule has 0 radical (unpaired) electrons. The third-order valence-corrected chi connectivity index (χ3v) is 1.76. The monoisotopic (exact) mass is 191 g/mol. The molecule has 2 aromatic rings. The minimum atomic E-state index is -0.143. The van der Waals surface area contributed by atoms with E-state index in [1.165, 1.54) is 23.1 Å². The Hall–Kier alpha value is -2.11. The van der Waals surface area contributed by atoms with Gasteiger partial charge in [-0.15, -0.1) is 0 Å². The summed E-state index contributed by atoms with van der Waals surface area (Å²) in [5.41, 5.74) is 6.54. The lowest BCUT2D eigenvalue weighted by Crippen LogP contribution is -2.14. The van der Waals surface area contributed by atoms with E-state index in [-0.39, 0.29) is 11.5 Å². The van der Waals surface area contributed by atoms with E-state index in [4.69, 9.17) is 5.73 Å². The van der Waals surface area contributed by atoms with Crippen molar-refractivity contribution >= 4 is 5.95 Å². The minimum absolute atomic E-state index is 0.143. The molecule has 14 heavy (non-hydrogen) atoms. The first-order chi connectivity index (χ1) is 6.66. The minimum Gasteiger partial charge on any atom is -0.368 e. The Bertz CT molecular complexity index is 495. The fraction of sp³-hybridized carbons (Fsp3) is 0.125. The summed E-state index contributed by atoms with van der Waals surface area (Å²) in [4.78, 5) is 19.0. The van der Waals surface area contributed by atoms with Crippen LogP contribution in [0, 0.1) is 6.92 Å². The highest BCUT2D eigenvalue weighted by Crippen LogP contribution is 2.01. The predicted molar refractivity (Wildman–Crippen MR) is 51.1 cm³/mol. The van der Waals surface area contributed by atoms with Crippen molar-refractivity contribution in [3.63, 3.8) is 0 Å². The largest absolute Gasteiger partial charge is 0.368 e. The molecule has 0 saturated heterocycles. The number of anilines is 1. The van der Waals surface area contributed by atoms with E-state index in [0.717, 1.165) is 5.69 Å². The van der Waals surface area contributed by atoms with Gasteiger partial charge in [-0.3, -0.25) is 9.89 Å². The quantitative estimate of drug-likeness (QED) is 0.655. The van der Waals surface area contributed by atoms with Crippen molar-refractivity contribution in [3.8, 4) is 5.69 Å². The van der Waals surface area contributed by atoms with Crippen molar-refractivity contribution in [2.45, 2.75) is 6.92 Å². The second-order valence-corrected chi connectivity index (χ2v) is 2.91. The number of hydrogen-bond acceptors (Lipinski definition) is 4. The van der Waals surface area contributed by atoms with Crippen LogP contribution < -0.4 is 11.3 Å². The van der Waals surface area contributed by atoms with Crippen LogP contribution in [0.3, 0.4) is 0 Å². The topological polar surface area (TPSA) is 89.6 Å². The fourth-order valence-electron chi connectivity index (χ4n) is 1.15. The molecule has 2 rings (SSSR count). The summed E-state index contributed by atoms with van der Waals surface area (Å²) in [5.74, 6) is 0.185. The number of nitrogens with two attached hydrogens (primary N) is 1. The number of nitrogen functional groups attached to an aromatic ring is 1. The average molecular weight is 191 g/mol. The normalized spacial score (nSPS) is 10.4. The Morgan fingerprint density at radius 2 is 2.07 bits per heavy atom. The van der Waals surface area contributed by atoms with Crippen molar-refractivity contribution in [1.82, 2.24) is 19.7 Å². The summed E-state index contributed by atoms with van der Waals surface area (Å²) < 4.78 is 1.36. The van der Waals surface area contributed by atoms with Gasteiger partial charge in [-0.25, -0.2) is 14.6 Å². The molecule has 0 fully saturated rings. The van der Waals surface area contributed by atoms with Gasteiger partial charge in [-0.2, -0.15) is 0 Å². The number of nitrogens with one attached hydrogen (secondary N) is 1. The van der Waals surface area contributed by atoms with Crippen LogP contribution in [-0.2, 0) is 0 Å². The highest BCUT2D eigenvalue weighted by Gasteiger charge is 2.02. The van der Waals surface area contributed by atoms with Gasteiger partial charge >= 0.3 is 0 Å². The Labute approximate surface area is 79.4 Å². The standard InChI is InChI=1S/C8H9N5O/c1-5-2-7(14)13(12-5)6-3-10-8(9)11-4-6/h2-4,12H,1H3,(H2,9,10,11). The molecule has 6 nitrogen and oxygen atoms in total. The molecule has 3 N–H and O–H groups in total. The molecule has 0 aliphatic heterocycles. The maximum atomic E-state index is 11.4. The van der Waals surface area contributed by atoms with E-state index in [1.54, 1.807) is 6.92 Å². The Kier molecular flexibility index (Phi) is 1.81. The van der Waals surface area contributed by atoms with Gasteiger partial charge in [0, 0.05) is 11.8 Å². The van der Waals surface area contributed by atoms with Crippen molar-refractivity contribution in [2.75, 3.05) is 5.73 Å². The van der Waals surface area contributed by atoms with E-state index in [9.17, 15) is 4.79 Å². The first-order valence-corrected chi connectivity index (χ1v) is 4.03. The van der Waals surface area contributed by atoms with Crippen molar-refractivity contribution < 1.29 is 0 Å². The lowest BCUT2D eigenvalue weighted by Gasteiger charge is -1.99. The second-order valence-electron chi connectivity index (χ2n) is 2.91. The predicted octanol–water partition coefficient (Wildman–Crippen LogP) is -0.154. The maximum absolute atomic E-state index is 11.4. The molecule has 0 amide bonds. The zero-order valence-corrected chi connectivity index (χ0v) is 7.56. The molecule has 0 aliphatic carbocycles. The van der Waals surface area contributed by atoms with Crippen molar-refractivity contribution in [1.29, 1.82) is 0 Å². The van der Waals surface area contributed by atoms with Crippen LogP contribution in [0.25, 0.3) is 5.69 Å². The number of H-pyrrole nitrogens is 1. The highest BCUT2D eigenvalue weighted by atomic mass is 16.1. The summed E-state index contributed by atoms with van der Waals surface area (Å²) in [6.45, 7) is 1.80. The van der Waals surface area contributed by atoms with Crippen molar-refractivity contribution in [3.05, 3.63) is 34.5 Å². The summed E-state index contributed by atoms with van der Waals surface area (Å²) in [7, 11) is 0. The number of rotatable bonds is 1. The van der Waals surface area contributed by atoms with Crippen LogP contribution in [0.2, 0.25) is 0 Å². The van der Waals surface area contributed by atoms with Gasteiger partial charge in [-0.1, -0.05) is 0 Å². The van der Waals surface area contributed by atoms with E-state index >= 15 is 0 Å². The molecule has 72 valence electrons. The zero-order valence-electron chi connectivity index (χ0n) is 7.56. The summed E-state index contributed by atoms with van der Waals surface area (Å²) >= 11 is 0. The number of aryl methyl sites for hydroxylation is 1. The third-order valence-electron chi connectivity index (χ3n) is 1.76. The molecule has 0 spiro atoms. The third kappa shape index (κ3) is 1.37. The van der Waals surface area contributed by atoms with Crippen molar-refractivity contribution in [2.24, 2.45) is 0 Å². The molecule has 0 aliphatic rings. The SMILES string of the molecule is Cc1cc(=O)n(-c2cnc(N)nc2)[nH]1. The van der Waals surface area contributed by atoms with Gasteiger partial charge in [0.2, 0.25) is 5.95 Å². The van der Waals surface area contributed by atoms with Gasteiger partial charge < -0.3 is 5.73 Å². The van der Waals surface area contributed by atoms with Crippen LogP contribution in [0.4, 0.5) is 5.95 Å². The van der Waals surface area contributed by atoms with Gasteiger partial charge in [-0.05, 0) is 6.92 Å². The smallest absolute Gasteiger partial charge is 0.271 e. The van der Waals surface area contributed by atoms with Gasteiger partial charge in [0.15, 0.2) is 0 Å². The molecule has 0 atom stereocenters. The zero-order chi connectivity index (χ0) is 10.1. The Morgan fingerprint density at radius 3 is 2.57 bits per heavy atom. The van der Waals surface area contributed by atoms with Gasteiger partial charge in [0.25, 0.3) is 5.56 Å². The number of aromatic nitrogens is 4. The van der Waals surface area contributed by atoms with Crippen LogP contribution in [0.15, 0.2) is 23.3 Å². The Morgan fingerprint density at radius 1 is 1.43 bits per heavy atom. The second kappa shape index (κ2) is 2.99. The van der Waals surface area contributed by atoms with Crippen LogP contribution in [-0.4, -0.2) is 19.7 Å². The van der Waals surface area contributed by atoms with Crippen LogP contribution in [0.5, 0.6) is 0 Å². The van der Waals surface area contributed by atoms with E-state index in [1.807, 2.05) is 0 Å². The molecule has 2 aromatic heterocycles. The molecule has 0 aromatic carbocycles. The maximum Gasteiger partial charge on any atom is 0.271 e. The summed E-state index contributed by atoms with van der Waals surface area (Å²) in [5, 5.41) is 2.86. The highest BCUT2D eigenvalue weighted by molar-refractivity contribution is 5.28. The number of nitrogens with zero attached hydrogens (tertiary/aromatic N) is 3. The molecule has 0 unspecified atom stereocenters. The Balaban J connectivity index is 2.54. The lowest BCUT2D eigenvalue weighted by atomic mass is 10.5. The lowest BCUT2D eigenvalue weighted by molar-refractivity contribution is 0.824.